The van der Waals surface area contributed by atoms with Crippen LogP contribution in [0.4, 0.5) is 0 Å². The molecule has 3 nitrogen and oxygen atoms in total. The van der Waals surface area contributed by atoms with E-state index >= 15 is 0 Å². The molecule has 1 aliphatic rings. The molecule has 0 spiro atoms. The number of rotatable bonds is 4. The largest absolute Gasteiger partial charge is 0.342 e. The number of carbonyl (C=O) groups excluding carboxylic acids is 1. The summed E-state index contributed by atoms with van der Waals surface area (Å²) in [6.07, 6.45) is 3.08. The molecule has 16 heavy (non-hydrogen) atoms. The third kappa shape index (κ3) is 3.82. The van der Waals surface area contributed by atoms with Crippen molar-refractivity contribution in [3.63, 3.8) is 0 Å². The number of amides is 1. The highest BCUT2D eigenvalue weighted by Crippen LogP contribution is 2.29. The van der Waals surface area contributed by atoms with Crippen LogP contribution in [-0.2, 0) is 4.79 Å². The lowest BCUT2D eigenvalue weighted by Crippen LogP contribution is -2.37. The van der Waals surface area contributed by atoms with E-state index in [0.717, 1.165) is 25.3 Å². The Balaban J connectivity index is 0.00000225. The van der Waals surface area contributed by atoms with Crippen molar-refractivity contribution in [2.24, 2.45) is 17.1 Å². The Morgan fingerprint density at radius 2 is 2.25 bits per heavy atom. The van der Waals surface area contributed by atoms with Crippen molar-refractivity contribution in [2.75, 3.05) is 31.6 Å². The SMILES string of the molecule is CSCC(C)C(=O)N1CCC(C)(CN)C1.Cl. The van der Waals surface area contributed by atoms with Gasteiger partial charge in [0.05, 0.1) is 0 Å². The molecule has 1 rings (SSSR count). The van der Waals surface area contributed by atoms with Crippen LogP contribution in [0.25, 0.3) is 0 Å². The highest BCUT2D eigenvalue weighted by atomic mass is 35.5. The maximum Gasteiger partial charge on any atom is 0.226 e. The van der Waals surface area contributed by atoms with Crippen molar-refractivity contribution < 1.29 is 4.79 Å². The van der Waals surface area contributed by atoms with Crippen molar-refractivity contribution in [3.05, 3.63) is 0 Å². The zero-order valence-electron chi connectivity index (χ0n) is 10.4. The van der Waals surface area contributed by atoms with Gasteiger partial charge in [0.2, 0.25) is 5.91 Å². The second-order valence-corrected chi connectivity index (χ2v) is 5.79. The van der Waals surface area contributed by atoms with Crippen molar-refractivity contribution >= 4 is 30.1 Å². The lowest BCUT2D eigenvalue weighted by molar-refractivity contribution is -0.133. The van der Waals surface area contributed by atoms with Gasteiger partial charge in [0.1, 0.15) is 0 Å². The molecule has 2 N–H and O–H groups in total. The van der Waals surface area contributed by atoms with E-state index in [1.54, 1.807) is 11.8 Å². The third-order valence-electron chi connectivity index (χ3n) is 3.20. The Morgan fingerprint density at radius 3 is 2.69 bits per heavy atom. The monoisotopic (exact) mass is 266 g/mol. The summed E-state index contributed by atoms with van der Waals surface area (Å²) in [5.74, 6) is 1.34. The molecular formula is C11H23ClN2OS. The molecule has 0 aromatic rings. The number of nitrogens with zero attached hydrogens (tertiary/aromatic N) is 1. The molecule has 0 saturated carbocycles. The van der Waals surface area contributed by atoms with Crippen LogP contribution in [0.1, 0.15) is 20.3 Å². The van der Waals surface area contributed by atoms with Crippen molar-refractivity contribution in [1.29, 1.82) is 0 Å². The molecule has 1 saturated heterocycles. The number of hydrogen-bond acceptors (Lipinski definition) is 3. The molecule has 1 aliphatic heterocycles. The van der Waals surface area contributed by atoms with E-state index in [-0.39, 0.29) is 23.7 Å². The van der Waals surface area contributed by atoms with Gasteiger partial charge in [-0.05, 0) is 24.6 Å². The molecule has 0 radical (unpaired) electrons. The molecule has 1 amide bonds. The summed E-state index contributed by atoms with van der Waals surface area (Å²) in [5, 5.41) is 0. The van der Waals surface area contributed by atoms with E-state index in [9.17, 15) is 4.79 Å². The summed E-state index contributed by atoms with van der Waals surface area (Å²) in [7, 11) is 0. The van der Waals surface area contributed by atoms with Crippen LogP contribution in [-0.4, -0.2) is 42.4 Å². The lowest BCUT2D eigenvalue weighted by Gasteiger charge is -2.24. The number of likely N-dealkylation sites (tertiary alicyclic amines) is 1. The smallest absolute Gasteiger partial charge is 0.226 e. The van der Waals surface area contributed by atoms with Gasteiger partial charge in [-0.25, -0.2) is 0 Å². The van der Waals surface area contributed by atoms with E-state index in [1.807, 2.05) is 18.1 Å². The fourth-order valence-electron chi connectivity index (χ4n) is 2.01. The first-order chi connectivity index (χ1) is 7.02. The van der Waals surface area contributed by atoms with Crippen LogP contribution in [0.5, 0.6) is 0 Å². The Hall–Kier alpha value is 0.0700. The predicted octanol–water partition coefficient (Wildman–Crippen LogP) is 1.60. The van der Waals surface area contributed by atoms with Gasteiger partial charge in [0, 0.05) is 24.8 Å². The van der Waals surface area contributed by atoms with E-state index in [1.165, 1.54) is 0 Å². The first kappa shape index (κ1) is 16.1. The van der Waals surface area contributed by atoms with Gasteiger partial charge in [0.25, 0.3) is 0 Å². The molecule has 0 bridgehead atoms. The van der Waals surface area contributed by atoms with Gasteiger partial charge >= 0.3 is 0 Å². The Morgan fingerprint density at radius 1 is 1.62 bits per heavy atom. The number of carbonyl (C=O) groups is 1. The zero-order chi connectivity index (χ0) is 11.5. The van der Waals surface area contributed by atoms with Crippen LogP contribution in [0.2, 0.25) is 0 Å². The standard InChI is InChI=1S/C11H22N2OS.ClH/c1-9(6-15-3)10(14)13-5-4-11(2,7-12)8-13;/h9H,4-8,12H2,1-3H3;1H. The normalized spacial score (nSPS) is 26.4. The molecule has 2 atom stereocenters. The van der Waals surface area contributed by atoms with E-state index < -0.39 is 0 Å². The van der Waals surface area contributed by atoms with Crippen LogP contribution in [0.3, 0.4) is 0 Å². The molecule has 5 heteroatoms. The number of thioether (sulfide) groups is 1. The second-order valence-electron chi connectivity index (χ2n) is 4.88. The molecule has 0 aliphatic carbocycles. The molecule has 0 aromatic carbocycles. The van der Waals surface area contributed by atoms with E-state index in [2.05, 4.69) is 6.92 Å². The van der Waals surface area contributed by atoms with Gasteiger partial charge in [-0.15, -0.1) is 12.4 Å². The van der Waals surface area contributed by atoms with E-state index in [4.69, 9.17) is 5.73 Å². The number of halogens is 1. The average Bonchev–Trinajstić information content (AvgIpc) is 2.61. The zero-order valence-corrected chi connectivity index (χ0v) is 12.0. The number of nitrogens with two attached hydrogens (primary N) is 1. The van der Waals surface area contributed by atoms with Gasteiger partial charge in [-0.2, -0.15) is 11.8 Å². The molecule has 96 valence electrons. The Bertz CT molecular complexity index is 240. The van der Waals surface area contributed by atoms with E-state index in [0.29, 0.717) is 12.5 Å². The fourth-order valence-corrected chi connectivity index (χ4v) is 2.65. The van der Waals surface area contributed by atoms with Crippen LogP contribution in [0.15, 0.2) is 0 Å². The Kier molecular flexibility index (Phi) is 6.75. The molecular weight excluding hydrogens is 244 g/mol. The fraction of sp³-hybridized carbons (Fsp3) is 0.909. The van der Waals surface area contributed by atoms with Gasteiger partial charge in [-0.3, -0.25) is 4.79 Å². The van der Waals surface area contributed by atoms with Crippen molar-refractivity contribution in [1.82, 2.24) is 4.90 Å². The van der Waals surface area contributed by atoms with Gasteiger partial charge < -0.3 is 10.6 Å². The Labute approximate surface area is 109 Å². The van der Waals surface area contributed by atoms with Gasteiger partial charge in [-0.1, -0.05) is 13.8 Å². The quantitative estimate of drug-likeness (QED) is 0.841. The summed E-state index contributed by atoms with van der Waals surface area (Å²) in [6, 6.07) is 0. The maximum atomic E-state index is 12.0. The minimum atomic E-state index is 0. The van der Waals surface area contributed by atoms with Crippen LogP contribution >= 0.6 is 24.2 Å². The second kappa shape index (κ2) is 6.72. The lowest BCUT2D eigenvalue weighted by atomic mass is 9.90. The molecule has 0 aromatic heterocycles. The summed E-state index contributed by atoms with van der Waals surface area (Å²) in [4.78, 5) is 14.0. The summed E-state index contributed by atoms with van der Waals surface area (Å²) < 4.78 is 0. The molecule has 2 unspecified atom stereocenters. The summed E-state index contributed by atoms with van der Waals surface area (Å²) >= 11 is 1.73. The van der Waals surface area contributed by atoms with Crippen molar-refractivity contribution in [3.8, 4) is 0 Å². The topological polar surface area (TPSA) is 46.3 Å². The highest BCUT2D eigenvalue weighted by Gasteiger charge is 2.35. The highest BCUT2D eigenvalue weighted by molar-refractivity contribution is 7.98. The van der Waals surface area contributed by atoms with Gasteiger partial charge in [0.15, 0.2) is 0 Å². The first-order valence-corrected chi connectivity index (χ1v) is 6.89. The number of hydrogen-bond donors (Lipinski definition) is 1. The minimum absolute atomic E-state index is 0. The maximum absolute atomic E-state index is 12.0. The van der Waals surface area contributed by atoms with Crippen LogP contribution in [0, 0.1) is 11.3 Å². The summed E-state index contributed by atoms with van der Waals surface area (Å²) in [6.45, 7) is 6.57. The average molecular weight is 267 g/mol. The summed E-state index contributed by atoms with van der Waals surface area (Å²) in [5.41, 5.74) is 5.87. The van der Waals surface area contributed by atoms with Crippen LogP contribution < -0.4 is 5.73 Å². The third-order valence-corrected chi connectivity index (χ3v) is 4.03. The van der Waals surface area contributed by atoms with Crippen molar-refractivity contribution in [2.45, 2.75) is 20.3 Å². The predicted molar refractivity (Wildman–Crippen MR) is 73.2 cm³/mol. The molecule has 1 heterocycles. The molecule has 1 fully saturated rings. The first-order valence-electron chi connectivity index (χ1n) is 5.50. The minimum Gasteiger partial charge on any atom is -0.342 e.